The van der Waals surface area contributed by atoms with Crippen LogP contribution in [0.3, 0.4) is 0 Å². The number of anilines is 2. The monoisotopic (exact) mass is 483 g/mol. The van der Waals surface area contributed by atoms with Gasteiger partial charge in [0.1, 0.15) is 18.4 Å². The summed E-state index contributed by atoms with van der Waals surface area (Å²) >= 11 is 12.5. The fourth-order valence-corrected chi connectivity index (χ4v) is 4.14. The van der Waals surface area contributed by atoms with E-state index < -0.39 is 23.7 Å². The summed E-state index contributed by atoms with van der Waals surface area (Å²) in [6, 6.07) is 15.5. The molecule has 1 aliphatic rings. The van der Waals surface area contributed by atoms with Gasteiger partial charge in [0.05, 0.1) is 22.1 Å². The molecule has 8 heteroatoms. The number of nitrogens with one attached hydrogen (secondary N) is 1. The summed E-state index contributed by atoms with van der Waals surface area (Å²) in [5.74, 6) is -1.30. The molecular formula is C25H20Cl2FN3O2. The van der Waals surface area contributed by atoms with Crippen molar-refractivity contribution in [2.24, 2.45) is 4.99 Å². The molecule has 168 valence electrons. The average molecular weight is 484 g/mol. The minimum Gasteiger partial charge on any atom is -0.323 e. The van der Waals surface area contributed by atoms with Crippen LogP contribution in [0.15, 0.2) is 65.7 Å². The van der Waals surface area contributed by atoms with Crippen molar-refractivity contribution in [2.45, 2.75) is 19.9 Å². The Morgan fingerprint density at radius 3 is 2.58 bits per heavy atom. The highest BCUT2D eigenvalue weighted by Crippen LogP contribution is 2.32. The molecule has 0 radical (unpaired) electrons. The molecule has 0 saturated heterocycles. The molecule has 0 bridgehead atoms. The second-order valence-electron chi connectivity index (χ2n) is 7.75. The third-order valence-corrected chi connectivity index (χ3v) is 5.83. The molecular weight excluding hydrogens is 464 g/mol. The second kappa shape index (κ2) is 9.33. The summed E-state index contributed by atoms with van der Waals surface area (Å²) in [7, 11) is 0. The minimum atomic E-state index is -0.846. The van der Waals surface area contributed by atoms with Crippen LogP contribution in [-0.4, -0.2) is 30.1 Å². The Labute approximate surface area is 200 Å². The number of rotatable bonds is 4. The Balaban J connectivity index is 1.73. The number of carbonyl (C=O) groups excluding carboxylic acids is 2. The number of benzodiazepines with no additional fused rings is 1. The summed E-state index contributed by atoms with van der Waals surface area (Å²) in [5.41, 5.74) is 2.84. The first-order valence-corrected chi connectivity index (χ1v) is 11.0. The average Bonchev–Trinajstić information content (AvgIpc) is 2.86. The molecule has 2 amide bonds. The SMILES string of the molecule is Cc1ccc(NC(=O)CN2C(=O)[C@H](C)N=C(c3ccccc3F)c3cc(Cl)ccc32)c(Cl)c1. The lowest BCUT2D eigenvalue weighted by atomic mass is 9.99. The molecule has 1 atom stereocenters. The number of hydrogen-bond donors (Lipinski definition) is 1. The molecule has 1 aliphatic heterocycles. The van der Waals surface area contributed by atoms with E-state index in [1.165, 1.54) is 11.0 Å². The zero-order valence-corrected chi connectivity index (χ0v) is 19.4. The zero-order valence-electron chi connectivity index (χ0n) is 17.9. The van der Waals surface area contributed by atoms with Crippen LogP contribution in [0, 0.1) is 12.7 Å². The number of nitrogens with zero attached hydrogens (tertiary/aromatic N) is 2. The predicted octanol–water partition coefficient (Wildman–Crippen LogP) is 5.65. The van der Waals surface area contributed by atoms with E-state index in [-0.39, 0.29) is 12.1 Å². The molecule has 5 nitrogen and oxygen atoms in total. The van der Waals surface area contributed by atoms with Crippen molar-refractivity contribution in [3.05, 3.63) is 93.2 Å². The number of carbonyl (C=O) groups is 2. The lowest BCUT2D eigenvalue weighted by molar-refractivity contribution is -0.122. The quantitative estimate of drug-likeness (QED) is 0.520. The Kier molecular flexibility index (Phi) is 6.49. The van der Waals surface area contributed by atoms with E-state index in [9.17, 15) is 14.0 Å². The normalized spacial score (nSPS) is 15.5. The molecule has 0 fully saturated rings. The van der Waals surface area contributed by atoms with Gasteiger partial charge in [-0.05, 0) is 61.9 Å². The molecule has 3 aromatic carbocycles. The second-order valence-corrected chi connectivity index (χ2v) is 8.59. The number of aryl methyl sites for hydroxylation is 1. The molecule has 4 rings (SSSR count). The van der Waals surface area contributed by atoms with Gasteiger partial charge in [-0.25, -0.2) is 4.39 Å². The van der Waals surface area contributed by atoms with Crippen molar-refractivity contribution < 1.29 is 14.0 Å². The Morgan fingerprint density at radius 2 is 1.85 bits per heavy atom. The summed E-state index contributed by atoms with van der Waals surface area (Å²) in [4.78, 5) is 32.0. The Bertz CT molecular complexity index is 1290. The zero-order chi connectivity index (χ0) is 23.7. The van der Waals surface area contributed by atoms with Crippen LogP contribution in [0.4, 0.5) is 15.8 Å². The molecule has 0 aliphatic carbocycles. The van der Waals surface area contributed by atoms with Crippen LogP contribution in [0.2, 0.25) is 10.0 Å². The van der Waals surface area contributed by atoms with Crippen LogP contribution < -0.4 is 10.2 Å². The maximum atomic E-state index is 14.7. The Morgan fingerprint density at radius 1 is 1.09 bits per heavy atom. The van der Waals surface area contributed by atoms with Crippen molar-refractivity contribution in [2.75, 3.05) is 16.8 Å². The fraction of sp³-hybridized carbons (Fsp3) is 0.160. The minimum absolute atomic E-state index is 0.249. The van der Waals surface area contributed by atoms with E-state index in [0.717, 1.165) is 5.56 Å². The topological polar surface area (TPSA) is 61.8 Å². The molecule has 0 spiro atoms. The summed E-state index contributed by atoms with van der Waals surface area (Å²) in [6.07, 6.45) is 0. The number of halogens is 3. The first-order chi connectivity index (χ1) is 15.7. The number of hydrogen-bond acceptors (Lipinski definition) is 3. The van der Waals surface area contributed by atoms with Gasteiger partial charge in [0.25, 0.3) is 5.91 Å². The maximum Gasteiger partial charge on any atom is 0.252 e. The molecule has 1 heterocycles. The van der Waals surface area contributed by atoms with Crippen molar-refractivity contribution in [1.82, 2.24) is 0 Å². The summed E-state index contributed by atoms with van der Waals surface area (Å²) in [6.45, 7) is 3.23. The van der Waals surface area contributed by atoms with Gasteiger partial charge in [0, 0.05) is 16.1 Å². The smallest absolute Gasteiger partial charge is 0.252 e. The number of amides is 2. The third kappa shape index (κ3) is 4.77. The predicted molar refractivity (Wildman–Crippen MR) is 130 cm³/mol. The van der Waals surface area contributed by atoms with Gasteiger partial charge in [-0.2, -0.15) is 0 Å². The number of aliphatic imine (C=N–C) groups is 1. The van der Waals surface area contributed by atoms with Crippen molar-refractivity contribution in [1.29, 1.82) is 0 Å². The van der Waals surface area contributed by atoms with E-state index in [2.05, 4.69) is 10.3 Å². The molecule has 0 saturated carbocycles. The number of benzene rings is 3. The van der Waals surface area contributed by atoms with Gasteiger partial charge >= 0.3 is 0 Å². The van der Waals surface area contributed by atoms with Crippen LogP contribution in [0.5, 0.6) is 0 Å². The number of fused-ring (bicyclic) bond motifs is 1. The highest BCUT2D eigenvalue weighted by atomic mass is 35.5. The van der Waals surface area contributed by atoms with Gasteiger partial charge in [-0.15, -0.1) is 0 Å². The summed E-state index contributed by atoms with van der Waals surface area (Å²) < 4.78 is 14.7. The largest absolute Gasteiger partial charge is 0.323 e. The van der Waals surface area contributed by atoms with Crippen LogP contribution in [-0.2, 0) is 9.59 Å². The Hall–Kier alpha value is -3.22. The van der Waals surface area contributed by atoms with E-state index in [4.69, 9.17) is 23.2 Å². The summed E-state index contributed by atoms with van der Waals surface area (Å²) in [5, 5.41) is 3.54. The van der Waals surface area contributed by atoms with E-state index in [1.54, 1.807) is 55.5 Å². The van der Waals surface area contributed by atoms with Crippen LogP contribution >= 0.6 is 23.2 Å². The highest BCUT2D eigenvalue weighted by Gasteiger charge is 2.32. The molecule has 0 aromatic heterocycles. The lowest BCUT2D eigenvalue weighted by Gasteiger charge is -2.24. The van der Waals surface area contributed by atoms with Gasteiger partial charge < -0.3 is 10.2 Å². The van der Waals surface area contributed by atoms with E-state index in [1.807, 2.05) is 13.0 Å². The molecule has 33 heavy (non-hydrogen) atoms. The van der Waals surface area contributed by atoms with Gasteiger partial charge in [0.2, 0.25) is 5.91 Å². The lowest BCUT2D eigenvalue weighted by Crippen LogP contribution is -2.42. The van der Waals surface area contributed by atoms with Crippen molar-refractivity contribution in [3.63, 3.8) is 0 Å². The van der Waals surface area contributed by atoms with Crippen molar-refractivity contribution in [3.8, 4) is 0 Å². The molecule has 3 aromatic rings. The third-order valence-electron chi connectivity index (χ3n) is 5.28. The van der Waals surface area contributed by atoms with E-state index >= 15 is 0 Å². The molecule has 1 N–H and O–H groups in total. The van der Waals surface area contributed by atoms with Crippen molar-refractivity contribution >= 4 is 52.1 Å². The van der Waals surface area contributed by atoms with Crippen LogP contribution in [0.1, 0.15) is 23.6 Å². The first kappa shape index (κ1) is 23.0. The first-order valence-electron chi connectivity index (χ1n) is 10.2. The van der Waals surface area contributed by atoms with Gasteiger partial charge in [0.15, 0.2) is 0 Å². The molecule has 0 unspecified atom stereocenters. The van der Waals surface area contributed by atoms with Crippen LogP contribution in [0.25, 0.3) is 0 Å². The maximum absolute atomic E-state index is 14.7. The standard InChI is InChI=1S/C25H20Cl2FN3O2/c1-14-7-9-21(19(27)11-14)30-23(32)13-31-22-10-8-16(26)12-18(22)24(29-15(2)25(31)33)17-5-3-4-6-20(17)28/h3-12,15H,13H2,1-2H3,(H,30,32)/t15-/m0/s1. The van der Waals surface area contributed by atoms with Gasteiger partial charge in [-0.1, -0.05) is 41.4 Å². The highest BCUT2D eigenvalue weighted by molar-refractivity contribution is 6.34. The van der Waals surface area contributed by atoms with Gasteiger partial charge in [-0.3, -0.25) is 14.6 Å². The fourth-order valence-electron chi connectivity index (χ4n) is 3.68. The van der Waals surface area contributed by atoms with E-state index in [0.29, 0.717) is 32.7 Å².